The van der Waals surface area contributed by atoms with Crippen molar-refractivity contribution in [1.29, 1.82) is 0 Å². The zero-order chi connectivity index (χ0) is 14.9. The molecular weight excluding hydrogens is 278 g/mol. The number of carbonyl (C=O) groups excluding carboxylic acids is 1. The van der Waals surface area contributed by atoms with E-state index < -0.39 is 0 Å². The van der Waals surface area contributed by atoms with Gasteiger partial charge in [-0.1, -0.05) is 0 Å². The highest BCUT2D eigenvalue weighted by Gasteiger charge is 2.32. The minimum absolute atomic E-state index is 0.177. The smallest absolute Gasteiger partial charge is 0.251 e. The lowest BCUT2D eigenvalue weighted by Gasteiger charge is -2.33. The van der Waals surface area contributed by atoms with E-state index in [1.807, 2.05) is 11.0 Å². The molecule has 1 N–H and O–H groups in total. The standard InChI is InChI=1S/C17H21N3O2/c21-17(15-6-3-9-22-15)20-8-2-5-13(11-20)14-10-12-4-1-7-18-16(12)19-14/h1,4,7,10,13,15H,2-3,5-6,8-9,11H2,(H,18,19)/t13-,15-/m0/s1. The highest BCUT2D eigenvalue weighted by Crippen LogP contribution is 2.29. The minimum atomic E-state index is -0.205. The molecule has 0 unspecified atom stereocenters. The van der Waals surface area contributed by atoms with Crippen molar-refractivity contribution in [2.75, 3.05) is 19.7 Å². The Balaban J connectivity index is 1.51. The summed E-state index contributed by atoms with van der Waals surface area (Å²) in [7, 11) is 0. The summed E-state index contributed by atoms with van der Waals surface area (Å²) in [5.74, 6) is 0.546. The number of aromatic nitrogens is 2. The van der Waals surface area contributed by atoms with Gasteiger partial charge >= 0.3 is 0 Å². The average Bonchev–Trinajstić information content (AvgIpc) is 3.23. The molecule has 2 saturated heterocycles. The Kier molecular flexibility index (Phi) is 3.58. The zero-order valence-electron chi connectivity index (χ0n) is 12.6. The van der Waals surface area contributed by atoms with Gasteiger partial charge in [-0.15, -0.1) is 0 Å². The number of fused-ring (bicyclic) bond motifs is 1. The van der Waals surface area contributed by atoms with Crippen molar-refractivity contribution in [1.82, 2.24) is 14.9 Å². The van der Waals surface area contributed by atoms with E-state index in [0.29, 0.717) is 5.92 Å². The first-order valence-electron chi connectivity index (χ1n) is 8.15. The van der Waals surface area contributed by atoms with Gasteiger partial charge in [0.25, 0.3) is 5.91 Å². The molecule has 116 valence electrons. The molecule has 2 atom stereocenters. The molecule has 0 aliphatic carbocycles. The maximum absolute atomic E-state index is 12.5. The molecule has 0 bridgehead atoms. The molecule has 2 aliphatic heterocycles. The third-order valence-corrected chi connectivity index (χ3v) is 4.79. The Morgan fingerprint density at radius 3 is 3.14 bits per heavy atom. The van der Waals surface area contributed by atoms with Gasteiger partial charge in [0.15, 0.2) is 0 Å². The number of hydrogen-bond acceptors (Lipinski definition) is 3. The maximum atomic E-state index is 12.5. The molecule has 4 heterocycles. The number of nitrogens with one attached hydrogen (secondary N) is 1. The fourth-order valence-electron chi connectivity index (χ4n) is 3.61. The summed E-state index contributed by atoms with van der Waals surface area (Å²) in [4.78, 5) is 22.3. The van der Waals surface area contributed by atoms with Crippen molar-refractivity contribution < 1.29 is 9.53 Å². The molecule has 22 heavy (non-hydrogen) atoms. The molecule has 2 fully saturated rings. The summed E-state index contributed by atoms with van der Waals surface area (Å²) < 4.78 is 5.55. The Hall–Kier alpha value is -1.88. The topological polar surface area (TPSA) is 58.2 Å². The van der Waals surface area contributed by atoms with Gasteiger partial charge in [-0.3, -0.25) is 4.79 Å². The van der Waals surface area contributed by atoms with Crippen LogP contribution in [0.25, 0.3) is 11.0 Å². The van der Waals surface area contributed by atoms with Crippen molar-refractivity contribution >= 4 is 16.9 Å². The third kappa shape index (κ3) is 2.50. The number of H-pyrrole nitrogens is 1. The largest absolute Gasteiger partial charge is 0.368 e. The number of pyridine rings is 1. The second-order valence-corrected chi connectivity index (χ2v) is 6.29. The fraction of sp³-hybridized carbons (Fsp3) is 0.529. The monoisotopic (exact) mass is 299 g/mol. The predicted octanol–water partition coefficient (Wildman–Crippen LogP) is 2.45. The van der Waals surface area contributed by atoms with Gasteiger partial charge in [0.2, 0.25) is 0 Å². The van der Waals surface area contributed by atoms with Gasteiger partial charge in [0, 0.05) is 42.9 Å². The van der Waals surface area contributed by atoms with Gasteiger partial charge in [-0.2, -0.15) is 0 Å². The van der Waals surface area contributed by atoms with E-state index in [-0.39, 0.29) is 12.0 Å². The molecule has 0 saturated carbocycles. The lowest BCUT2D eigenvalue weighted by molar-refractivity contribution is -0.142. The third-order valence-electron chi connectivity index (χ3n) is 4.79. The van der Waals surface area contributed by atoms with Crippen molar-refractivity contribution in [3.8, 4) is 0 Å². The number of rotatable bonds is 2. The van der Waals surface area contributed by atoms with E-state index in [2.05, 4.69) is 22.1 Å². The van der Waals surface area contributed by atoms with Crippen LogP contribution in [0.5, 0.6) is 0 Å². The lowest BCUT2D eigenvalue weighted by Crippen LogP contribution is -2.44. The number of likely N-dealkylation sites (tertiary alicyclic amines) is 1. The van der Waals surface area contributed by atoms with Crippen molar-refractivity contribution in [3.63, 3.8) is 0 Å². The first kappa shape index (κ1) is 13.8. The lowest BCUT2D eigenvalue weighted by atomic mass is 9.94. The minimum Gasteiger partial charge on any atom is -0.368 e. The maximum Gasteiger partial charge on any atom is 0.251 e. The molecule has 1 amide bonds. The van der Waals surface area contributed by atoms with Crippen LogP contribution in [-0.4, -0.2) is 46.6 Å². The fourth-order valence-corrected chi connectivity index (χ4v) is 3.61. The SMILES string of the molecule is O=C([C@@H]1CCCO1)N1CCC[C@H](c2cc3cccnc3[nH]2)C1. The molecule has 5 heteroatoms. The van der Waals surface area contributed by atoms with Crippen molar-refractivity contribution in [2.45, 2.75) is 37.7 Å². The van der Waals surface area contributed by atoms with Gasteiger partial charge in [-0.05, 0) is 43.9 Å². The molecule has 4 rings (SSSR count). The summed E-state index contributed by atoms with van der Waals surface area (Å²) in [6.07, 6.45) is 5.63. The van der Waals surface area contributed by atoms with Crippen LogP contribution in [0.1, 0.15) is 37.3 Å². The van der Waals surface area contributed by atoms with E-state index in [0.717, 1.165) is 56.4 Å². The number of ether oxygens (including phenoxy) is 1. The highest BCUT2D eigenvalue weighted by atomic mass is 16.5. The Morgan fingerprint density at radius 2 is 2.32 bits per heavy atom. The zero-order valence-corrected chi connectivity index (χ0v) is 12.6. The van der Waals surface area contributed by atoms with Crippen molar-refractivity contribution in [3.05, 3.63) is 30.1 Å². The quantitative estimate of drug-likeness (QED) is 0.926. The van der Waals surface area contributed by atoms with E-state index in [4.69, 9.17) is 4.74 Å². The van der Waals surface area contributed by atoms with E-state index >= 15 is 0 Å². The van der Waals surface area contributed by atoms with Crippen LogP contribution >= 0.6 is 0 Å². The Labute approximate surface area is 129 Å². The molecular formula is C17H21N3O2. The predicted molar refractivity (Wildman–Crippen MR) is 83.6 cm³/mol. The molecule has 2 aliphatic rings. The normalized spacial score (nSPS) is 25.7. The molecule has 0 spiro atoms. The Morgan fingerprint density at radius 1 is 1.36 bits per heavy atom. The van der Waals surface area contributed by atoms with Crippen LogP contribution in [0.3, 0.4) is 0 Å². The molecule has 5 nitrogen and oxygen atoms in total. The average molecular weight is 299 g/mol. The Bertz CT molecular complexity index is 642. The van der Waals surface area contributed by atoms with E-state index in [1.54, 1.807) is 6.20 Å². The van der Waals surface area contributed by atoms with Crippen LogP contribution in [0.2, 0.25) is 0 Å². The van der Waals surface area contributed by atoms with Crippen molar-refractivity contribution in [2.24, 2.45) is 0 Å². The number of hydrogen-bond donors (Lipinski definition) is 1. The summed E-state index contributed by atoms with van der Waals surface area (Å²) in [6.45, 7) is 2.36. The van der Waals surface area contributed by atoms with Gasteiger partial charge < -0.3 is 14.6 Å². The molecule has 0 aromatic carbocycles. The molecule has 0 radical (unpaired) electrons. The number of nitrogens with zero attached hydrogens (tertiary/aromatic N) is 2. The number of piperidine rings is 1. The number of carbonyl (C=O) groups is 1. The van der Waals surface area contributed by atoms with Crippen LogP contribution in [0.4, 0.5) is 0 Å². The van der Waals surface area contributed by atoms with Gasteiger partial charge in [0.1, 0.15) is 11.8 Å². The number of amides is 1. The van der Waals surface area contributed by atoms with Crippen LogP contribution in [0.15, 0.2) is 24.4 Å². The van der Waals surface area contributed by atoms with Crippen LogP contribution in [-0.2, 0) is 9.53 Å². The van der Waals surface area contributed by atoms with Gasteiger partial charge in [-0.25, -0.2) is 4.98 Å². The summed E-state index contributed by atoms with van der Waals surface area (Å²) in [5.41, 5.74) is 2.12. The highest BCUT2D eigenvalue weighted by molar-refractivity contribution is 5.81. The van der Waals surface area contributed by atoms with E-state index in [9.17, 15) is 4.79 Å². The first-order valence-corrected chi connectivity index (χ1v) is 8.15. The molecule has 2 aromatic heterocycles. The summed E-state index contributed by atoms with van der Waals surface area (Å²) in [6, 6.07) is 6.20. The van der Waals surface area contributed by atoms with Crippen LogP contribution < -0.4 is 0 Å². The van der Waals surface area contributed by atoms with E-state index in [1.165, 1.54) is 5.69 Å². The number of aromatic amines is 1. The van der Waals surface area contributed by atoms with Crippen LogP contribution in [0, 0.1) is 0 Å². The second-order valence-electron chi connectivity index (χ2n) is 6.29. The molecule has 2 aromatic rings. The first-order chi connectivity index (χ1) is 10.8. The summed E-state index contributed by atoms with van der Waals surface area (Å²) >= 11 is 0. The second kappa shape index (κ2) is 5.72. The summed E-state index contributed by atoms with van der Waals surface area (Å²) in [5, 5.41) is 1.14. The van der Waals surface area contributed by atoms with Gasteiger partial charge in [0.05, 0.1) is 0 Å².